The van der Waals surface area contributed by atoms with E-state index in [0.29, 0.717) is 6.42 Å². The maximum atomic E-state index is 10.9. The predicted molar refractivity (Wildman–Crippen MR) is 68.8 cm³/mol. The Morgan fingerprint density at radius 1 is 1.41 bits per heavy atom. The van der Waals surface area contributed by atoms with Crippen LogP contribution in [0.1, 0.15) is 11.4 Å². The Morgan fingerprint density at radius 3 is 2.76 bits per heavy atom. The van der Waals surface area contributed by atoms with Crippen LogP contribution < -0.4 is 0 Å². The van der Waals surface area contributed by atoms with Gasteiger partial charge in [-0.3, -0.25) is 0 Å². The second-order valence-corrected chi connectivity index (χ2v) is 6.93. The lowest BCUT2D eigenvalue weighted by atomic mass is 10.1. The van der Waals surface area contributed by atoms with Crippen LogP contribution in [0, 0.1) is 6.92 Å². The number of rotatable bonds is 3. The van der Waals surface area contributed by atoms with Crippen LogP contribution in [0.3, 0.4) is 0 Å². The second kappa shape index (κ2) is 4.31. The van der Waals surface area contributed by atoms with E-state index in [1.165, 1.54) is 0 Å². The average Bonchev–Trinajstić information content (AvgIpc) is 2.51. The zero-order valence-corrected chi connectivity index (χ0v) is 11.2. The van der Waals surface area contributed by atoms with Gasteiger partial charge in [-0.15, -0.1) is 0 Å². The summed E-state index contributed by atoms with van der Waals surface area (Å²) in [5.41, 5.74) is 2.87. The average molecular weight is 273 g/mol. The quantitative estimate of drug-likeness (QED) is 0.803. The van der Waals surface area contributed by atoms with Crippen LogP contribution >= 0.6 is 10.7 Å². The zero-order valence-electron chi connectivity index (χ0n) is 9.64. The van der Waals surface area contributed by atoms with Crippen molar-refractivity contribution in [3.8, 4) is 0 Å². The smallest absolute Gasteiger partial charge is 0.232 e. The molecule has 92 valence electrons. The minimum absolute atomic E-state index is 0.0447. The second-order valence-electron chi connectivity index (χ2n) is 4.03. The summed E-state index contributed by atoms with van der Waals surface area (Å²) < 4.78 is 23.8. The Kier molecular flexibility index (Phi) is 3.14. The molecule has 0 aliphatic carbocycles. The summed E-state index contributed by atoms with van der Waals surface area (Å²) in [4.78, 5) is 4.38. The molecule has 0 spiro atoms. The van der Waals surface area contributed by atoms with Gasteiger partial charge in [0, 0.05) is 17.7 Å². The van der Waals surface area contributed by atoms with Gasteiger partial charge in [-0.25, -0.2) is 13.4 Å². The highest BCUT2D eigenvalue weighted by Crippen LogP contribution is 2.17. The maximum Gasteiger partial charge on any atom is 0.232 e. The number of imidazole rings is 1. The molecule has 0 N–H and O–H groups in total. The first-order valence-corrected chi connectivity index (χ1v) is 7.69. The molecule has 17 heavy (non-hydrogen) atoms. The van der Waals surface area contributed by atoms with Gasteiger partial charge < -0.3 is 4.57 Å². The highest BCUT2D eigenvalue weighted by Gasteiger charge is 2.08. The van der Waals surface area contributed by atoms with Crippen LogP contribution in [0.25, 0.3) is 11.0 Å². The largest absolute Gasteiger partial charge is 0.331 e. The summed E-state index contributed by atoms with van der Waals surface area (Å²) in [6, 6.07) is 5.74. The Labute approximate surface area is 105 Å². The van der Waals surface area contributed by atoms with Crippen molar-refractivity contribution >= 4 is 30.8 Å². The molecule has 0 amide bonds. The summed E-state index contributed by atoms with van der Waals surface area (Å²) in [5, 5.41) is 0. The molecule has 0 bridgehead atoms. The SMILES string of the molecule is Cc1nc2ccc(CCS(=O)(=O)Cl)cc2n1C. The lowest BCUT2D eigenvalue weighted by Gasteiger charge is -2.01. The van der Waals surface area contributed by atoms with Gasteiger partial charge in [0.05, 0.1) is 16.8 Å². The van der Waals surface area contributed by atoms with Crippen molar-refractivity contribution in [1.82, 2.24) is 9.55 Å². The number of halogens is 1. The van der Waals surface area contributed by atoms with E-state index in [1.54, 1.807) is 0 Å². The first-order valence-electron chi connectivity index (χ1n) is 5.21. The monoisotopic (exact) mass is 272 g/mol. The molecule has 0 saturated carbocycles. The molecule has 1 aromatic heterocycles. The molecule has 6 heteroatoms. The van der Waals surface area contributed by atoms with Gasteiger partial charge in [-0.1, -0.05) is 6.07 Å². The minimum Gasteiger partial charge on any atom is -0.331 e. The van der Waals surface area contributed by atoms with Crippen LogP contribution in [0.2, 0.25) is 0 Å². The number of aryl methyl sites for hydroxylation is 3. The zero-order chi connectivity index (χ0) is 12.6. The fraction of sp³-hybridized carbons (Fsp3) is 0.364. The molecule has 1 aromatic carbocycles. The molecule has 0 atom stereocenters. The summed E-state index contributed by atoms with van der Waals surface area (Å²) in [5.74, 6) is 0.888. The van der Waals surface area contributed by atoms with Gasteiger partial charge >= 0.3 is 0 Å². The van der Waals surface area contributed by atoms with E-state index in [9.17, 15) is 8.42 Å². The van der Waals surface area contributed by atoms with Crippen LogP contribution in [0.15, 0.2) is 18.2 Å². The Bertz CT molecular complexity index is 661. The number of aromatic nitrogens is 2. The van der Waals surface area contributed by atoms with Gasteiger partial charge in [0.25, 0.3) is 0 Å². The number of fused-ring (bicyclic) bond motifs is 1. The molecule has 1 heterocycles. The molecule has 2 aromatic rings. The molecule has 4 nitrogen and oxygen atoms in total. The maximum absolute atomic E-state index is 10.9. The lowest BCUT2D eigenvalue weighted by molar-refractivity contribution is 0.609. The van der Waals surface area contributed by atoms with E-state index in [2.05, 4.69) is 4.98 Å². The van der Waals surface area contributed by atoms with Gasteiger partial charge in [0.1, 0.15) is 5.82 Å². The van der Waals surface area contributed by atoms with Crippen LogP contribution in [0.4, 0.5) is 0 Å². The topological polar surface area (TPSA) is 52.0 Å². The van der Waals surface area contributed by atoms with E-state index >= 15 is 0 Å². The number of nitrogens with zero attached hydrogens (tertiary/aromatic N) is 2. The highest BCUT2D eigenvalue weighted by molar-refractivity contribution is 8.13. The van der Waals surface area contributed by atoms with Crippen LogP contribution in [-0.4, -0.2) is 23.7 Å². The summed E-state index contributed by atoms with van der Waals surface area (Å²) in [7, 11) is 3.70. The molecule has 0 saturated heterocycles. The third-order valence-corrected chi connectivity index (χ3v) is 3.96. The first kappa shape index (κ1) is 12.4. The normalized spacial score (nSPS) is 12.2. The van der Waals surface area contributed by atoms with Crippen LogP contribution in [0.5, 0.6) is 0 Å². The third kappa shape index (κ3) is 2.79. The van der Waals surface area contributed by atoms with Crippen molar-refractivity contribution in [2.45, 2.75) is 13.3 Å². The molecular weight excluding hydrogens is 260 g/mol. The van der Waals surface area contributed by atoms with E-state index < -0.39 is 9.05 Å². The van der Waals surface area contributed by atoms with Gasteiger partial charge in [-0.2, -0.15) is 0 Å². The molecular formula is C11H13ClN2O2S. The standard InChI is InChI=1S/C11H13ClN2O2S/c1-8-13-10-4-3-9(5-6-17(12,15)16)7-11(10)14(8)2/h3-4,7H,5-6H2,1-2H3. The minimum atomic E-state index is -3.43. The van der Waals surface area contributed by atoms with Gasteiger partial charge in [0.15, 0.2) is 0 Å². The van der Waals surface area contributed by atoms with E-state index in [0.717, 1.165) is 22.4 Å². The third-order valence-electron chi connectivity index (χ3n) is 2.80. The fourth-order valence-corrected chi connectivity index (χ4v) is 2.46. The van der Waals surface area contributed by atoms with E-state index in [1.807, 2.05) is 36.7 Å². The Morgan fingerprint density at radius 2 is 2.12 bits per heavy atom. The van der Waals surface area contributed by atoms with Crippen molar-refractivity contribution in [1.29, 1.82) is 0 Å². The molecule has 0 aliphatic rings. The lowest BCUT2D eigenvalue weighted by Crippen LogP contribution is -2.01. The molecule has 0 radical (unpaired) electrons. The van der Waals surface area contributed by atoms with Crippen LogP contribution in [-0.2, 0) is 22.5 Å². The Balaban J connectivity index is 2.34. The van der Waals surface area contributed by atoms with Gasteiger partial charge in [0.2, 0.25) is 9.05 Å². The summed E-state index contributed by atoms with van der Waals surface area (Å²) in [6.45, 7) is 1.93. The van der Waals surface area contributed by atoms with Crippen molar-refractivity contribution in [2.75, 3.05) is 5.75 Å². The van der Waals surface area contributed by atoms with E-state index in [4.69, 9.17) is 10.7 Å². The van der Waals surface area contributed by atoms with E-state index in [-0.39, 0.29) is 5.75 Å². The number of benzene rings is 1. The first-order chi connectivity index (χ1) is 7.87. The van der Waals surface area contributed by atoms with Crippen molar-refractivity contribution < 1.29 is 8.42 Å². The highest BCUT2D eigenvalue weighted by atomic mass is 35.7. The van der Waals surface area contributed by atoms with Crippen molar-refractivity contribution in [3.05, 3.63) is 29.6 Å². The molecule has 0 unspecified atom stereocenters. The number of hydrogen-bond donors (Lipinski definition) is 0. The van der Waals surface area contributed by atoms with Crippen molar-refractivity contribution in [3.63, 3.8) is 0 Å². The molecule has 0 fully saturated rings. The fourth-order valence-electron chi connectivity index (χ4n) is 1.75. The van der Waals surface area contributed by atoms with Crippen molar-refractivity contribution in [2.24, 2.45) is 7.05 Å². The summed E-state index contributed by atoms with van der Waals surface area (Å²) >= 11 is 0. The molecule has 2 rings (SSSR count). The summed E-state index contributed by atoms with van der Waals surface area (Å²) in [6.07, 6.45) is 0.423. The molecule has 0 aliphatic heterocycles. The predicted octanol–water partition coefficient (Wildman–Crippen LogP) is 1.99. The van der Waals surface area contributed by atoms with Gasteiger partial charge in [-0.05, 0) is 31.0 Å². The Hall–Kier alpha value is -1.07. The number of hydrogen-bond acceptors (Lipinski definition) is 3.